The zero-order valence-electron chi connectivity index (χ0n) is 10.5. The Bertz CT molecular complexity index is 614. The number of nitrogens with zero attached hydrogens (tertiary/aromatic N) is 1. The van der Waals surface area contributed by atoms with E-state index in [1.54, 1.807) is 12.1 Å². The predicted octanol–water partition coefficient (Wildman–Crippen LogP) is 4.08. The minimum absolute atomic E-state index is 0.156. The average molecular weight is 316 g/mol. The van der Waals surface area contributed by atoms with Crippen molar-refractivity contribution in [3.63, 3.8) is 0 Å². The number of nitrogens with two attached hydrogens (primary N) is 1. The van der Waals surface area contributed by atoms with E-state index in [1.165, 1.54) is 5.56 Å². The van der Waals surface area contributed by atoms with Gasteiger partial charge < -0.3 is 11.1 Å². The molecule has 0 aromatic heterocycles. The van der Waals surface area contributed by atoms with Crippen LogP contribution in [0.25, 0.3) is 0 Å². The van der Waals surface area contributed by atoms with E-state index in [-0.39, 0.29) is 6.04 Å². The monoisotopic (exact) mass is 315 g/mol. The van der Waals surface area contributed by atoms with Crippen LogP contribution in [0, 0.1) is 11.3 Å². The summed E-state index contributed by atoms with van der Waals surface area (Å²) >= 11 is 3.42. The minimum atomic E-state index is 0.156. The Morgan fingerprint density at radius 1 is 1.21 bits per heavy atom. The first-order valence-electron chi connectivity index (χ1n) is 5.92. The Labute approximate surface area is 121 Å². The minimum Gasteiger partial charge on any atom is -0.398 e. The van der Waals surface area contributed by atoms with Crippen LogP contribution < -0.4 is 11.1 Å². The van der Waals surface area contributed by atoms with Crippen molar-refractivity contribution in [2.24, 2.45) is 0 Å². The fraction of sp³-hybridized carbons (Fsp3) is 0.133. The normalized spacial score (nSPS) is 11.6. The lowest BCUT2D eigenvalue weighted by Crippen LogP contribution is -2.06. The fourth-order valence-corrected chi connectivity index (χ4v) is 2.09. The van der Waals surface area contributed by atoms with Gasteiger partial charge in [0.15, 0.2) is 0 Å². The molecule has 2 rings (SSSR count). The third kappa shape index (κ3) is 3.27. The Balaban J connectivity index is 2.17. The second kappa shape index (κ2) is 5.77. The molecule has 0 saturated heterocycles. The predicted molar refractivity (Wildman–Crippen MR) is 81.7 cm³/mol. The molecule has 2 aromatic rings. The summed E-state index contributed by atoms with van der Waals surface area (Å²) in [7, 11) is 0. The van der Waals surface area contributed by atoms with E-state index in [0.717, 1.165) is 10.2 Å². The summed E-state index contributed by atoms with van der Waals surface area (Å²) in [6, 6.07) is 15.8. The van der Waals surface area contributed by atoms with Crippen LogP contribution in [0.4, 0.5) is 11.4 Å². The molecule has 0 aliphatic rings. The number of benzene rings is 2. The molecule has 2 aromatic carbocycles. The molecule has 1 unspecified atom stereocenters. The summed E-state index contributed by atoms with van der Waals surface area (Å²) in [6.45, 7) is 2.08. The summed E-state index contributed by atoms with van der Waals surface area (Å²) in [5.41, 5.74) is 8.77. The van der Waals surface area contributed by atoms with E-state index in [2.05, 4.69) is 46.4 Å². The molecule has 3 nitrogen and oxygen atoms in total. The molecule has 0 bridgehead atoms. The van der Waals surface area contributed by atoms with Crippen LogP contribution in [0.3, 0.4) is 0 Å². The molecule has 0 spiro atoms. The Morgan fingerprint density at radius 2 is 1.89 bits per heavy atom. The molecular weight excluding hydrogens is 302 g/mol. The van der Waals surface area contributed by atoms with Crippen LogP contribution in [0.5, 0.6) is 0 Å². The van der Waals surface area contributed by atoms with E-state index in [9.17, 15) is 0 Å². The standard InChI is InChI=1S/C15H14BrN3/c1-10(11-2-4-13(16)5-3-11)19-14-6-7-15(18)12(8-14)9-17/h2-8,10,19H,18H2,1H3. The van der Waals surface area contributed by atoms with Gasteiger partial charge in [-0.1, -0.05) is 28.1 Å². The molecule has 0 heterocycles. The zero-order chi connectivity index (χ0) is 13.8. The highest BCUT2D eigenvalue weighted by molar-refractivity contribution is 9.10. The molecule has 0 aliphatic heterocycles. The number of rotatable bonds is 3. The smallest absolute Gasteiger partial charge is 0.101 e. The highest BCUT2D eigenvalue weighted by Gasteiger charge is 2.06. The second-order valence-electron chi connectivity index (χ2n) is 4.33. The Hall–Kier alpha value is -1.99. The van der Waals surface area contributed by atoms with Crippen LogP contribution in [0.2, 0.25) is 0 Å². The van der Waals surface area contributed by atoms with Gasteiger partial charge in [-0.25, -0.2) is 0 Å². The highest BCUT2D eigenvalue weighted by Crippen LogP contribution is 2.23. The van der Waals surface area contributed by atoms with Gasteiger partial charge in [0, 0.05) is 21.9 Å². The van der Waals surface area contributed by atoms with E-state index >= 15 is 0 Å². The number of hydrogen-bond acceptors (Lipinski definition) is 3. The number of nitriles is 1. The van der Waals surface area contributed by atoms with Gasteiger partial charge in [-0.3, -0.25) is 0 Å². The maximum absolute atomic E-state index is 8.96. The number of anilines is 2. The molecule has 0 saturated carbocycles. The number of nitrogen functional groups attached to an aromatic ring is 1. The molecule has 0 radical (unpaired) electrons. The summed E-state index contributed by atoms with van der Waals surface area (Å²) in [6.07, 6.45) is 0. The van der Waals surface area contributed by atoms with Gasteiger partial charge in [-0.2, -0.15) is 5.26 Å². The number of hydrogen-bond donors (Lipinski definition) is 2. The van der Waals surface area contributed by atoms with Gasteiger partial charge in [0.1, 0.15) is 6.07 Å². The lowest BCUT2D eigenvalue weighted by molar-refractivity contribution is 0.884. The fourth-order valence-electron chi connectivity index (χ4n) is 1.83. The van der Waals surface area contributed by atoms with Crippen LogP contribution >= 0.6 is 15.9 Å². The summed E-state index contributed by atoms with van der Waals surface area (Å²) < 4.78 is 1.06. The van der Waals surface area contributed by atoms with Crippen molar-refractivity contribution < 1.29 is 0 Å². The van der Waals surface area contributed by atoms with Crippen molar-refractivity contribution in [3.05, 3.63) is 58.1 Å². The second-order valence-corrected chi connectivity index (χ2v) is 5.25. The average Bonchev–Trinajstić information content (AvgIpc) is 2.41. The summed E-state index contributed by atoms with van der Waals surface area (Å²) in [5.74, 6) is 0. The largest absolute Gasteiger partial charge is 0.398 e. The summed E-state index contributed by atoms with van der Waals surface area (Å²) in [4.78, 5) is 0. The van der Waals surface area contributed by atoms with Crippen molar-refractivity contribution in [2.75, 3.05) is 11.1 Å². The van der Waals surface area contributed by atoms with E-state index < -0.39 is 0 Å². The van der Waals surface area contributed by atoms with Crippen molar-refractivity contribution in [2.45, 2.75) is 13.0 Å². The van der Waals surface area contributed by atoms with E-state index in [4.69, 9.17) is 11.0 Å². The van der Waals surface area contributed by atoms with Gasteiger partial charge in [0.2, 0.25) is 0 Å². The van der Waals surface area contributed by atoms with Crippen molar-refractivity contribution in [3.8, 4) is 6.07 Å². The van der Waals surface area contributed by atoms with Gasteiger partial charge in [0.05, 0.1) is 5.56 Å². The zero-order valence-corrected chi connectivity index (χ0v) is 12.1. The molecule has 4 heteroatoms. The Kier molecular flexibility index (Phi) is 4.08. The number of nitrogens with one attached hydrogen (secondary N) is 1. The topological polar surface area (TPSA) is 61.8 Å². The van der Waals surface area contributed by atoms with Gasteiger partial charge in [-0.05, 0) is 42.8 Å². The lowest BCUT2D eigenvalue weighted by atomic mass is 10.1. The van der Waals surface area contributed by atoms with E-state index in [1.807, 2.05) is 18.2 Å². The third-order valence-electron chi connectivity index (χ3n) is 2.93. The first kappa shape index (κ1) is 13.4. The molecule has 96 valence electrons. The Morgan fingerprint density at radius 3 is 2.53 bits per heavy atom. The van der Waals surface area contributed by atoms with Crippen molar-refractivity contribution >= 4 is 27.3 Å². The van der Waals surface area contributed by atoms with Crippen molar-refractivity contribution in [1.82, 2.24) is 0 Å². The SMILES string of the molecule is CC(Nc1ccc(N)c(C#N)c1)c1ccc(Br)cc1. The van der Waals surface area contributed by atoms with Gasteiger partial charge >= 0.3 is 0 Å². The van der Waals surface area contributed by atoms with Crippen LogP contribution in [-0.4, -0.2) is 0 Å². The lowest BCUT2D eigenvalue weighted by Gasteiger charge is -2.16. The van der Waals surface area contributed by atoms with Crippen LogP contribution in [0.15, 0.2) is 46.9 Å². The maximum atomic E-state index is 8.96. The van der Waals surface area contributed by atoms with Gasteiger partial charge in [0.25, 0.3) is 0 Å². The first-order chi connectivity index (χ1) is 9.10. The molecule has 0 aliphatic carbocycles. The van der Waals surface area contributed by atoms with Crippen LogP contribution in [0.1, 0.15) is 24.1 Å². The third-order valence-corrected chi connectivity index (χ3v) is 3.46. The van der Waals surface area contributed by atoms with Gasteiger partial charge in [-0.15, -0.1) is 0 Å². The number of halogens is 1. The first-order valence-corrected chi connectivity index (χ1v) is 6.71. The molecular formula is C15H14BrN3. The molecule has 1 atom stereocenters. The van der Waals surface area contributed by atoms with Crippen LogP contribution in [-0.2, 0) is 0 Å². The quantitative estimate of drug-likeness (QED) is 0.839. The molecule has 3 N–H and O–H groups in total. The molecule has 19 heavy (non-hydrogen) atoms. The molecule has 0 fully saturated rings. The summed E-state index contributed by atoms with van der Waals surface area (Å²) in [5, 5.41) is 12.3. The molecule has 0 amide bonds. The van der Waals surface area contributed by atoms with Crippen molar-refractivity contribution in [1.29, 1.82) is 5.26 Å². The maximum Gasteiger partial charge on any atom is 0.101 e. The highest BCUT2D eigenvalue weighted by atomic mass is 79.9. The van der Waals surface area contributed by atoms with E-state index in [0.29, 0.717) is 11.3 Å².